The third-order valence-electron chi connectivity index (χ3n) is 4.07. The van der Waals surface area contributed by atoms with Crippen molar-refractivity contribution < 1.29 is 27.9 Å². The van der Waals surface area contributed by atoms with E-state index in [1.165, 1.54) is 18.2 Å². The van der Waals surface area contributed by atoms with Gasteiger partial charge in [-0.2, -0.15) is 13.2 Å². The van der Waals surface area contributed by atoms with Gasteiger partial charge >= 0.3 is 18.0 Å². The molecule has 2 aromatic carbocycles. The minimum Gasteiger partial charge on any atom is -0.375 e. The van der Waals surface area contributed by atoms with Gasteiger partial charge in [0, 0.05) is 5.69 Å². The molecule has 0 aromatic heterocycles. The van der Waals surface area contributed by atoms with Gasteiger partial charge in [-0.05, 0) is 36.6 Å². The standard InChI is InChI=1S/C19H19F3N2O3/c1-12-8-9-13(2)15(10-12)24-17(26)16(25)23-11-18(27,19(20,21)22)14-6-4-3-5-7-14/h3-10,27H,11H2,1-2H3,(H,23,25)(H,24,26). The molecule has 27 heavy (non-hydrogen) atoms. The summed E-state index contributed by atoms with van der Waals surface area (Å²) in [7, 11) is 0. The Morgan fingerprint density at radius 3 is 2.22 bits per heavy atom. The number of anilines is 1. The fourth-order valence-electron chi connectivity index (χ4n) is 2.42. The second kappa shape index (κ2) is 7.79. The number of halogens is 3. The molecule has 0 heterocycles. The number of benzene rings is 2. The van der Waals surface area contributed by atoms with Crippen molar-refractivity contribution in [3.05, 3.63) is 65.2 Å². The molecule has 0 aliphatic rings. The highest BCUT2D eigenvalue weighted by Gasteiger charge is 2.55. The van der Waals surface area contributed by atoms with Gasteiger partial charge in [0.25, 0.3) is 0 Å². The minimum atomic E-state index is -5.05. The summed E-state index contributed by atoms with van der Waals surface area (Å²) in [6, 6.07) is 11.5. The van der Waals surface area contributed by atoms with Gasteiger partial charge in [-0.25, -0.2) is 0 Å². The van der Waals surface area contributed by atoms with Crippen LogP contribution in [0.3, 0.4) is 0 Å². The van der Waals surface area contributed by atoms with Gasteiger partial charge in [-0.15, -0.1) is 0 Å². The number of aryl methyl sites for hydroxylation is 2. The topological polar surface area (TPSA) is 78.4 Å². The highest BCUT2D eigenvalue weighted by Crippen LogP contribution is 2.38. The van der Waals surface area contributed by atoms with E-state index >= 15 is 0 Å². The van der Waals surface area contributed by atoms with Crippen LogP contribution in [-0.2, 0) is 15.2 Å². The van der Waals surface area contributed by atoms with Gasteiger partial charge in [0.15, 0.2) is 0 Å². The van der Waals surface area contributed by atoms with E-state index in [-0.39, 0.29) is 0 Å². The highest BCUT2D eigenvalue weighted by molar-refractivity contribution is 6.39. The van der Waals surface area contributed by atoms with E-state index in [2.05, 4.69) is 5.32 Å². The molecule has 0 bridgehead atoms. The van der Waals surface area contributed by atoms with Gasteiger partial charge in [0.2, 0.25) is 5.60 Å². The Bertz CT molecular complexity index is 838. The van der Waals surface area contributed by atoms with E-state index in [1.54, 1.807) is 26.0 Å². The summed E-state index contributed by atoms with van der Waals surface area (Å²) >= 11 is 0. The lowest BCUT2D eigenvalue weighted by atomic mass is 9.93. The monoisotopic (exact) mass is 380 g/mol. The van der Waals surface area contributed by atoms with Gasteiger partial charge in [-0.3, -0.25) is 9.59 Å². The maximum Gasteiger partial charge on any atom is 0.423 e. The third kappa shape index (κ3) is 4.65. The largest absolute Gasteiger partial charge is 0.423 e. The number of amides is 2. The predicted molar refractivity (Wildman–Crippen MR) is 93.9 cm³/mol. The molecule has 1 unspecified atom stereocenters. The zero-order chi connectivity index (χ0) is 20.2. The SMILES string of the molecule is Cc1ccc(C)c(NC(=O)C(=O)NCC(O)(c2ccccc2)C(F)(F)F)c1. The van der Waals surface area contributed by atoms with Crippen LogP contribution < -0.4 is 10.6 Å². The number of hydrogen-bond donors (Lipinski definition) is 3. The van der Waals surface area contributed by atoms with Crippen molar-refractivity contribution in [2.75, 3.05) is 11.9 Å². The minimum absolute atomic E-state index is 0.379. The molecule has 0 radical (unpaired) electrons. The fraction of sp³-hybridized carbons (Fsp3) is 0.263. The molecule has 5 nitrogen and oxygen atoms in total. The summed E-state index contributed by atoms with van der Waals surface area (Å²) in [6.45, 7) is 2.31. The molecule has 0 aliphatic heterocycles. The van der Waals surface area contributed by atoms with Crippen LogP contribution in [0, 0.1) is 13.8 Å². The van der Waals surface area contributed by atoms with Crippen LogP contribution >= 0.6 is 0 Å². The molecular weight excluding hydrogens is 361 g/mol. The first kappa shape index (κ1) is 20.4. The summed E-state index contributed by atoms with van der Waals surface area (Å²) in [6.07, 6.45) is -5.05. The Kier molecular flexibility index (Phi) is 5.90. The van der Waals surface area contributed by atoms with Gasteiger partial charge < -0.3 is 15.7 Å². The van der Waals surface area contributed by atoms with E-state index in [0.29, 0.717) is 11.3 Å². The molecule has 8 heteroatoms. The van der Waals surface area contributed by atoms with Gasteiger partial charge in [0.1, 0.15) is 0 Å². The van der Waals surface area contributed by atoms with Crippen molar-refractivity contribution in [3.8, 4) is 0 Å². The second-order valence-electron chi connectivity index (χ2n) is 6.18. The van der Waals surface area contributed by atoms with Crippen LogP contribution in [0.1, 0.15) is 16.7 Å². The Labute approximate surface area is 154 Å². The molecular formula is C19H19F3N2O3. The Morgan fingerprint density at radius 1 is 1.00 bits per heavy atom. The molecule has 1 atom stereocenters. The summed E-state index contributed by atoms with van der Waals surface area (Å²) in [5.74, 6) is -2.41. The van der Waals surface area contributed by atoms with Crippen LogP contribution in [-0.4, -0.2) is 29.6 Å². The van der Waals surface area contributed by atoms with E-state index in [1.807, 2.05) is 11.4 Å². The van der Waals surface area contributed by atoms with Crippen molar-refractivity contribution in [2.24, 2.45) is 0 Å². The molecule has 0 aliphatic carbocycles. The molecule has 0 saturated carbocycles. The summed E-state index contributed by atoms with van der Waals surface area (Å²) in [4.78, 5) is 23.9. The number of aliphatic hydroxyl groups is 1. The van der Waals surface area contributed by atoms with Crippen molar-refractivity contribution in [1.82, 2.24) is 5.32 Å². The molecule has 0 fully saturated rings. The molecule has 0 spiro atoms. The predicted octanol–water partition coefficient (Wildman–Crippen LogP) is 2.81. The molecule has 3 N–H and O–H groups in total. The normalized spacial score (nSPS) is 13.6. The second-order valence-corrected chi connectivity index (χ2v) is 6.18. The maximum atomic E-state index is 13.4. The number of carbonyl (C=O) groups excluding carboxylic acids is 2. The van der Waals surface area contributed by atoms with Crippen molar-refractivity contribution in [3.63, 3.8) is 0 Å². The Balaban J connectivity index is 2.12. The van der Waals surface area contributed by atoms with Crippen LogP contribution in [0.2, 0.25) is 0 Å². The van der Waals surface area contributed by atoms with E-state index in [9.17, 15) is 27.9 Å². The number of nitrogens with one attached hydrogen (secondary N) is 2. The number of hydrogen-bond acceptors (Lipinski definition) is 3. The van der Waals surface area contributed by atoms with Crippen molar-refractivity contribution >= 4 is 17.5 Å². The molecule has 144 valence electrons. The maximum absolute atomic E-state index is 13.4. The zero-order valence-electron chi connectivity index (χ0n) is 14.7. The number of carbonyl (C=O) groups is 2. The number of rotatable bonds is 4. The average molecular weight is 380 g/mol. The Hall–Kier alpha value is -2.87. The van der Waals surface area contributed by atoms with Crippen LogP contribution in [0.15, 0.2) is 48.5 Å². The first-order chi connectivity index (χ1) is 12.5. The molecule has 0 saturated heterocycles. The zero-order valence-corrected chi connectivity index (χ0v) is 14.7. The smallest absolute Gasteiger partial charge is 0.375 e. The van der Waals surface area contributed by atoms with Gasteiger partial charge in [-0.1, -0.05) is 42.5 Å². The van der Waals surface area contributed by atoms with E-state index < -0.39 is 35.7 Å². The molecule has 2 rings (SSSR count). The lowest BCUT2D eigenvalue weighted by Crippen LogP contribution is -2.52. The van der Waals surface area contributed by atoms with E-state index in [4.69, 9.17) is 0 Å². The summed E-state index contributed by atoms with van der Waals surface area (Å²) in [5.41, 5.74) is -1.84. The first-order valence-corrected chi connectivity index (χ1v) is 8.05. The fourth-order valence-corrected chi connectivity index (χ4v) is 2.42. The average Bonchev–Trinajstić information content (AvgIpc) is 2.62. The third-order valence-corrected chi connectivity index (χ3v) is 4.07. The first-order valence-electron chi connectivity index (χ1n) is 8.05. The van der Waals surface area contributed by atoms with Crippen LogP contribution in [0.25, 0.3) is 0 Å². The molecule has 2 amide bonds. The van der Waals surface area contributed by atoms with Crippen molar-refractivity contribution in [2.45, 2.75) is 25.6 Å². The van der Waals surface area contributed by atoms with Crippen LogP contribution in [0.4, 0.5) is 18.9 Å². The molecule has 2 aromatic rings. The van der Waals surface area contributed by atoms with Crippen LogP contribution in [0.5, 0.6) is 0 Å². The lowest BCUT2D eigenvalue weighted by molar-refractivity contribution is -0.264. The van der Waals surface area contributed by atoms with E-state index in [0.717, 1.165) is 17.7 Å². The summed E-state index contributed by atoms with van der Waals surface area (Å²) < 4.78 is 40.2. The highest BCUT2D eigenvalue weighted by atomic mass is 19.4. The van der Waals surface area contributed by atoms with Gasteiger partial charge in [0.05, 0.1) is 6.54 Å². The number of alkyl halides is 3. The lowest BCUT2D eigenvalue weighted by Gasteiger charge is -2.31. The summed E-state index contributed by atoms with van der Waals surface area (Å²) in [5, 5.41) is 14.4. The van der Waals surface area contributed by atoms with Crippen molar-refractivity contribution in [1.29, 1.82) is 0 Å². The quantitative estimate of drug-likeness (QED) is 0.714. The Morgan fingerprint density at radius 2 is 1.63 bits per heavy atom.